The minimum absolute atomic E-state index is 0.105. The lowest BCUT2D eigenvalue weighted by molar-refractivity contribution is -0.126. The third kappa shape index (κ3) is 4.88. The average Bonchev–Trinajstić information content (AvgIpc) is 3.13. The number of piperidine rings is 1. The number of carbonyl (C=O) groups excluding carboxylic acids is 1. The van der Waals surface area contributed by atoms with E-state index in [0.29, 0.717) is 12.6 Å². The monoisotopic (exact) mass is 346 g/mol. The fourth-order valence-electron chi connectivity index (χ4n) is 3.80. The van der Waals surface area contributed by atoms with Gasteiger partial charge in [0, 0.05) is 30.1 Å². The van der Waals surface area contributed by atoms with Gasteiger partial charge < -0.3 is 20.1 Å². The molecule has 2 atom stereocenters. The van der Waals surface area contributed by atoms with E-state index in [1.807, 2.05) is 18.2 Å². The number of ether oxygens (including phenoxy) is 2. The maximum absolute atomic E-state index is 12.5. The molecule has 2 N–H and O–H groups in total. The van der Waals surface area contributed by atoms with Crippen LogP contribution < -0.4 is 20.1 Å². The van der Waals surface area contributed by atoms with E-state index in [1.54, 1.807) is 7.11 Å². The zero-order valence-corrected chi connectivity index (χ0v) is 15.3. The minimum Gasteiger partial charge on any atom is -0.497 e. The molecular weight excluding hydrogens is 316 g/mol. The first-order chi connectivity index (χ1) is 12.2. The fraction of sp³-hybridized carbons (Fsp3) is 0.650. The molecule has 1 amide bonds. The van der Waals surface area contributed by atoms with E-state index in [4.69, 9.17) is 9.47 Å². The van der Waals surface area contributed by atoms with Gasteiger partial charge >= 0.3 is 0 Å². The van der Waals surface area contributed by atoms with Gasteiger partial charge in [-0.15, -0.1) is 0 Å². The van der Waals surface area contributed by atoms with Crippen molar-refractivity contribution in [1.82, 2.24) is 10.6 Å². The second-order valence-electron chi connectivity index (χ2n) is 7.29. The van der Waals surface area contributed by atoms with Gasteiger partial charge in [0.15, 0.2) is 0 Å². The molecule has 0 aromatic heterocycles. The predicted molar refractivity (Wildman–Crippen MR) is 97.9 cm³/mol. The summed E-state index contributed by atoms with van der Waals surface area (Å²) in [6, 6.07) is 6.27. The van der Waals surface area contributed by atoms with Crippen LogP contribution in [0.5, 0.6) is 11.5 Å². The number of rotatable bonds is 6. The topological polar surface area (TPSA) is 59.6 Å². The number of hydrogen-bond acceptors (Lipinski definition) is 4. The first kappa shape index (κ1) is 18.1. The van der Waals surface area contributed by atoms with E-state index in [0.717, 1.165) is 49.3 Å². The number of nitrogens with one attached hydrogen (secondary N) is 2. The molecule has 1 saturated carbocycles. The third-order valence-electron chi connectivity index (χ3n) is 5.32. The van der Waals surface area contributed by atoms with Gasteiger partial charge in [-0.25, -0.2) is 0 Å². The lowest BCUT2D eigenvalue weighted by Gasteiger charge is -2.27. The zero-order chi connectivity index (χ0) is 17.6. The van der Waals surface area contributed by atoms with Crippen LogP contribution in [-0.2, 0) is 11.3 Å². The normalized spacial score (nSPS) is 24.1. The predicted octanol–water partition coefficient (Wildman–Crippen LogP) is 3.02. The van der Waals surface area contributed by atoms with Gasteiger partial charge in [0.25, 0.3) is 0 Å². The Labute approximate surface area is 150 Å². The molecule has 1 aliphatic heterocycles. The van der Waals surface area contributed by atoms with Crippen molar-refractivity contribution in [3.63, 3.8) is 0 Å². The Bertz CT molecular complexity index is 584. The number of hydrogen-bond donors (Lipinski definition) is 2. The average molecular weight is 346 g/mol. The van der Waals surface area contributed by atoms with Gasteiger partial charge in [0.1, 0.15) is 11.5 Å². The molecular formula is C20H30N2O3. The number of carbonyl (C=O) groups is 1. The van der Waals surface area contributed by atoms with Crippen molar-refractivity contribution in [1.29, 1.82) is 0 Å². The third-order valence-corrected chi connectivity index (χ3v) is 5.32. The van der Waals surface area contributed by atoms with Crippen molar-refractivity contribution in [3.8, 4) is 11.5 Å². The van der Waals surface area contributed by atoms with E-state index >= 15 is 0 Å². The van der Waals surface area contributed by atoms with Crippen LogP contribution >= 0.6 is 0 Å². The zero-order valence-electron chi connectivity index (χ0n) is 15.3. The second kappa shape index (κ2) is 8.56. The van der Waals surface area contributed by atoms with Crippen LogP contribution in [0.4, 0.5) is 0 Å². The Kier molecular flexibility index (Phi) is 6.19. The van der Waals surface area contributed by atoms with E-state index in [-0.39, 0.29) is 17.9 Å². The first-order valence-corrected chi connectivity index (χ1v) is 9.50. The highest BCUT2D eigenvalue weighted by Gasteiger charge is 2.25. The molecule has 2 aliphatic rings. The second-order valence-corrected chi connectivity index (χ2v) is 7.29. The molecule has 5 nitrogen and oxygen atoms in total. The summed E-state index contributed by atoms with van der Waals surface area (Å²) in [5.41, 5.74) is 1.02. The summed E-state index contributed by atoms with van der Waals surface area (Å²) in [6.07, 6.45) is 6.77. The maximum atomic E-state index is 12.5. The largest absolute Gasteiger partial charge is 0.497 e. The highest BCUT2D eigenvalue weighted by atomic mass is 16.5. The van der Waals surface area contributed by atoms with Gasteiger partial charge in [-0.2, -0.15) is 0 Å². The Balaban J connectivity index is 1.63. The molecule has 1 saturated heterocycles. The Morgan fingerprint density at radius 2 is 2.08 bits per heavy atom. The van der Waals surface area contributed by atoms with Crippen molar-refractivity contribution < 1.29 is 14.3 Å². The highest BCUT2D eigenvalue weighted by molar-refractivity contribution is 5.78. The molecule has 3 rings (SSSR count). The van der Waals surface area contributed by atoms with Gasteiger partial charge in [-0.1, -0.05) is 0 Å². The standard InChI is InChI=1S/C20H30N2O3/c1-14-11-15(9-10-21-14)20(23)22-13-16-7-8-18(24-2)12-19(16)25-17-5-3-4-6-17/h7-8,12,14-15,17,21H,3-6,9-11,13H2,1-2H3,(H,22,23)/t14-,15-/m0/s1. The summed E-state index contributed by atoms with van der Waals surface area (Å²) >= 11 is 0. The van der Waals surface area contributed by atoms with Crippen molar-refractivity contribution in [2.75, 3.05) is 13.7 Å². The van der Waals surface area contributed by atoms with E-state index in [9.17, 15) is 4.79 Å². The van der Waals surface area contributed by atoms with Gasteiger partial charge in [0.2, 0.25) is 5.91 Å². The molecule has 0 unspecified atom stereocenters. The smallest absolute Gasteiger partial charge is 0.223 e. The molecule has 25 heavy (non-hydrogen) atoms. The summed E-state index contributed by atoms with van der Waals surface area (Å²) < 4.78 is 11.5. The number of amides is 1. The summed E-state index contributed by atoms with van der Waals surface area (Å²) in [5.74, 6) is 1.88. The molecule has 5 heteroatoms. The van der Waals surface area contributed by atoms with Gasteiger partial charge in [-0.05, 0) is 64.1 Å². The Hall–Kier alpha value is -1.75. The molecule has 138 valence electrons. The summed E-state index contributed by atoms with van der Waals surface area (Å²) in [4.78, 5) is 12.5. The molecule has 1 aliphatic carbocycles. The van der Waals surface area contributed by atoms with Crippen LogP contribution in [0.3, 0.4) is 0 Å². The van der Waals surface area contributed by atoms with Crippen molar-refractivity contribution >= 4 is 5.91 Å². The van der Waals surface area contributed by atoms with Gasteiger partial charge in [0.05, 0.1) is 13.2 Å². The van der Waals surface area contributed by atoms with Crippen LogP contribution in [0.1, 0.15) is 51.0 Å². The summed E-state index contributed by atoms with van der Waals surface area (Å²) in [7, 11) is 1.66. The van der Waals surface area contributed by atoms with Crippen molar-refractivity contribution in [2.24, 2.45) is 5.92 Å². The van der Waals surface area contributed by atoms with Crippen LogP contribution in [0, 0.1) is 5.92 Å². The quantitative estimate of drug-likeness (QED) is 0.831. The van der Waals surface area contributed by atoms with Crippen LogP contribution in [0.25, 0.3) is 0 Å². The fourth-order valence-corrected chi connectivity index (χ4v) is 3.80. The molecule has 0 bridgehead atoms. The Morgan fingerprint density at radius 1 is 1.28 bits per heavy atom. The highest BCUT2D eigenvalue weighted by Crippen LogP contribution is 2.30. The van der Waals surface area contributed by atoms with E-state index < -0.39 is 0 Å². The van der Waals surface area contributed by atoms with E-state index in [1.165, 1.54) is 12.8 Å². The minimum atomic E-state index is 0.105. The molecule has 1 aromatic carbocycles. The number of benzene rings is 1. The van der Waals surface area contributed by atoms with Crippen LogP contribution in [-0.4, -0.2) is 31.7 Å². The molecule has 1 heterocycles. The van der Waals surface area contributed by atoms with Crippen LogP contribution in [0.15, 0.2) is 18.2 Å². The van der Waals surface area contributed by atoms with Crippen molar-refractivity contribution in [3.05, 3.63) is 23.8 Å². The maximum Gasteiger partial charge on any atom is 0.223 e. The molecule has 0 spiro atoms. The SMILES string of the molecule is COc1ccc(CNC(=O)[C@H]2CCN[C@@H](C)C2)c(OC2CCCC2)c1. The summed E-state index contributed by atoms with van der Waals surface area (Å²) in [5, 5.41) is 6.49. The van der Waals surface area contributed by atoms with Crippen molar-refractivity contribution in [2.45, 2.75) is 64.1 Å². The summed E-state index contributed by atoms with van der Waals surface area (Å²) in [6.45, 7) is 3.55. The number of methoxy groups -OCH3 is 1. The molecule has 0 radical (unpaired) electrons. The lowest BCUT2D eigenvalue weighted by Crippen LogP contribution is -2.42. The molecule has 2 fully saturated rings. The first-order valence-electron chi connectivity index (χ1n) is 9.50. The van der Waals surface area contributed by atoms with Gasteiger partial charge in [-0.3, -0.25) is 4.79 Å². The van der Waals surface area contributed by atoms with E-state index in [2.05, 4.69) is 17.6 Å². The Morgan fingerprint density at radius 3 is 2.80 bits per heavy atom. The van der Waals surface area contributed by atoms with Crippen LogP contribution in [0.2, 0.25) is 0 Å². The molecule has 1 aromatic rings. The lowest BCUT2D eigenvalue weighted by atomic mass is 9.92.